The third-order valence-corrected chi connectivity index (χ3v) is 10.0. The molecule has 2 fully saturated rings. The van der Waals surface area contributed by atoms with Crippen LogP contribution in [0, 0.1) is 0 Å². The lowest BCUT2D eigenvalue weighted by molar-refractivity contribution is -0.118. The fraction of sp³-hybridized carbons (Fsp3) is 0.269. The summed E-state index contributed by atoms with van der Waals surface area (Å²) in [6.45, 7) is 1.88. The maximum Gasteiger partial charge on any atom is 0.329 e. The number of rotatable bonds is 4. The predicted octanol–water partition coefficient (Wildman–Crippen LogP) is 3.55. The number of hydrogen-bond acceptors (Lipinski definition) is 7. The van der Waals surface area contributed by atoms with Crippen molar-refractivity contribution < 1.29 is 18.0 Å². The number of hydrogen-bond donors (Lipinski definition) is 1. The number of halogens is 1. The number of nitrogens with one attached hydrogen (secondary N) is 1. The molecule has 3 aliphatic heterocycles. The minimum absolute atomic E-state index is 0.316. The highest BCUT2D eigenvalue weighted by molar-refractivity contribution is 8.09. The van der Waals surface area contributed by atoms with Crippen molar-refractivity contribution in [1.29, 1.82) is 0 Å². The van der Waals surface area contributed by atoms with Crippen LogP contribution in [-0.2, 0) is 14.8 Å². The number of piperazine rings is 1. The highest BCUT2D eigenvalue weighted by atomic mass is 35.5. The van der Waals surface area contributed by atoms with Crippen LogP contribution in [0.4, 0.5) is 16.2 Å². The largest absolute Gasteiger partial charge is 0.369 e. The Morgan fingerprint density at radius 2 is 1.82 bits per heavy atom. The minimum Gasteiger partial charge on any atom is -0.369 e. The van der Waals surface area contributed by atoms with Crippen molar-refractivity contribution in [3.8, 4) is 0 Å². The smallest absolute Gasteiger partial charge is 0.329 e. The summed E-state index contributed by atoms with van der Waals surface area (Å²) in [4.78, 5) is 35.4. The van der Waals surface area contributed by atoms with Gasteiger partial charge in [0.05, 0.1) is 24.2 Å². The lowest BCUT2D eigenvalue weighted by Gasteiger charge is -2.35. The monoisotopic (exact) mass is 569 g/mol. The molecule has 1 aromatic heterocycles. The van der Waals surface area contributed by atoms with Gasteiger partial charge in [-0.2, -0.15) is 4.31 Å². The Hall–Kier alpha value is -3.12. The second-order valence-electron chi connectivity index (χ2n) is 9.41. The highest BCUT2D eigenvalue weighted by Crippen LogP contribution is 2.44. The molecule has 2 saturated heterocycles. The number of carbonyl (C=O) groups is 2. The molecule has 38 heavy (non-hydrogen) atoms. The van der Waals surface area contributed by atoms with E-state index in [1.165, 1.54) is 33.4 Å². The Morgan fingerprint density at radius 1 is 1.05 bits per heavy atom. The molecule has 3 amide bonds. The molecule has 3 aromatic rings. The zero-order valence-corrected chi connectivity index (χ0v) is 22.8. The van der Waals surface area contributed by atoms with Gasteiger partial charge >= 0.3 is 6.03 Å². The number of urea groups is 1. The molecule has 196 valence electrons. The molecule has 12 heteroatoms. The maximum absolute atomic E-state index is 13.7. The van der Waals surface area contributed by atoms with E-state index in [1.54, 1.807) is 12.3 Å². The molecular formula is C26H24ClN5O4S2. The van der Waals surface area contributed by atoms with Crippen LogP contribution in [0.2, 0.25) is 5.02 Å². The van der Waals surface area contributed by atoms with Gasteiger partial charge in [-0.15, -0.1) is 11.8 Å². The molecule has 3 aliphatic rings. The summed E-state index contributed by atoms with van der Waals surface area (Å²) in [7, 11) is -3.23. The van der Waals surface area contributed by atoms with E-state index in [4.69, 9.17) is 11.6 Å². The van der Waals surface area contributed by atoms with Crippen LogP contribution in [0.5, 0.6) is 0 Å². The average molecular weight is 570 g/mol. The Bertz CT molecular complexity index is 1600. The number of pyridine rings is 1. The number of benzene rings is 2. The van der Waals surface area contributed by atoms with E-state index in [0.717, 1.165) is 21.5 Å². The van der Waals surface area contributed by atoms with Gasteiger partial charge < -0.3 is 10.2 Å². The molecule has 0 bridgehead atoms. The third-order valence-electron chi connectivity index (χ3n) is 7.04. The van der Waals surface area contributed by atoms with Crippen LogP contribution in [0.25, 0.3) is 15.7 Å². The number of amides is 3. The lowest BCUT2D eigenvalue weighted by Crippen LogP contribution is -2.60. The molecule has 9 nitrogen and oxygen atoms in total. The number of thioether (sulfide) groups is 1. The first kappa shape index (κ1) is 25.2. The summed E-state index contributed by atoms with van der Waals surface area (Å²) in [6, 6.07) is 12.3. The number of carbonyl (C=O) groups excluding carboxylic acids is 2. The van der Waals surface area contributed by atoms with Gasteiger partial charge in [-0.3, -0.25) is 9.78 Å². The second-order valence-corrected chi connectivity index (χ2v) is 13.0. The summed E-state index contributed by atoms with van der Waals surface area (Å²) < 4.78 is 25.3. The Kier molecular flexibility index (Phi) is 6.34. The van der Waals surface area contributed by atoms with Crippen LogP contribution >= 0.6 is 23.4 Å². The van der Waals surface area contributed by atoms with Gasteiger partial charge in [0.2, 0.25) is 10.0 Å². The molecule has 4 heterocycles. The Balaban J connectivity index is 1.30. The number of nitrogens with zero attached hydrogens (tertiary/aromatic N) is 4. The van der Waals surface area contributed by atoms with E-state index in [1.807, 2.05) is 42.5 Å². The number of anilines is 2. The molecule has 1 N–H and O–H groups in total. The summed E-state index contributed by atoms with van der Waals surface area (Å²) >= 11 is 7.78. The predicted molar refractivity (Wildman–Crippen MR) is 151 cm³/mol. The number of imide groups is 1. The van der Waals surface area contributed by atoms with Crippen molar-refractivity contribution in [3.63, 3.8) is 0 Å². The topological polar surface area (TPSA) is 103 Å². The summed E-state index contributed by atoms with van der Waals surface area (Å²) in [6.07, 6.45) is 6.34. The zero-order chi connectivity index (χ0) is 26.6. The lowest BCUT2D eigenvalue weighted by atomic mass is 10.1. The minimum atomic E-state index is -3.23. The van der Waals surface area contributed by atoms with Gasteiger partial charge in [-0.1, -0.05) is 35.9 Å². The SMILES string of the molecule is CS(=O)(=O)N1CCN(c2ccc3cncc(N4C(=O)NC5C=C(c6ccccc6Cl)SC5C4=O)c3c2)CC1. The fourth-order valence-corrected chi connectivity index (χ4v) is 7.51. The highest BCUT2D eigenvalue weighted by Gasteiger charge is 2.45. The summed E-state index contributed by atoms with van der Waals surface area (Å²) in [5, 5.41) is 4.53. The number of aromatic nitrogens is 1. The van der Waals surface area contributed by atoms with Crippen molar-refractivity contribution in [3.05, 3.63) is 71.5 Å². The van der Waals surface area contributed by atoms with Gasteiger partial charge in [-0.25, -0.2) is 18.1 Å². The van der Waals surface area contributed by atoms with Crippen LogP contribution < -0.4 is 15.1 Å². The summed E-state index contributed by atoms with van der Waals surface area (Å²) in [5.41, 5.74) is 2.13. The molecule has 0 radical (unpaired) electrons. The molecule has 2 unspecified atom stereocenters. The number of sulfonamides is 1. The molecule has 0 saturated carbocycles. The zero-order valence-electron chi connectivity index (χ0n) is 20.4. The van der Waals surface area contributed by atoms with Gasteiger partial charge in [0.15, 0.2) is 0 Å². The molecule has 2 atom stereocenters. The first-order valence-electron chi connectivity index (χ1n) is 12.1. The van der Waals surface area contributed by atoms with Crippen molar-refractivity contribution >= 4 is 72.4 Å². The van der Waals surface area contributed by atoms with E-state index in [2.05, 4.69) is 15.2 Å². The van der Waals surface area contributed by atoms with Crippen LogP contribution in [0.3, 0.4) is 0 Å². The van der Waals surface area contributed by atoms with Gasteiger partial charge in [0.1, 0.15) is 5.25 Å². The van der Waals surface area contributed by atoms with Crippen molar-refractivity contribution in [2.24, 2.45) is 0 Å². The van der Waals surface area contributed by atoms with Gasteiger partial charge in [0.25, 0.3) is 5.91 Å². The van der Waals surface area contributed by atoms with Crippen LogP contribution in [-0.4, -0.2) is 73.4 Å². The fourth-order valence-electron chi connectivity index (χ4n) is 5.09. The molecule has 6 rings (SSSR count). The normalized spacial score (nSPS) is 22.4. The number of fused-ring (bicyclic) bond motifs is 2. The van der Waals surface area contributed by atoms with Crippen molar-refractivity contribution in [2.75, 3.05) is 42.2 Å². The van der Waals surface area contributed by atoms with E-state index in [9.17, 15) is 18.0 Å². The first-order valence-corrected chi connectivity index (χ1v) is 15.2. The maximum atomic E-state index is 13.7. The molecule has 0 spiro atoms. The van der Waals surface area contributed by atoms with Gasteiger partial charge in [-0.05, 0) is 24.3 Å². The van der Waals surface area contributed by atoms with Crippen LogP contribution in [0.15, 0.2) is 60.9 Å². The second kappa shape index (κ2) is 9.57. The average Bonchev–Trinajstić information content (AvgIpc) is 3.32. The van der Waals surface area contributed by atoms with Gasteiger partial charge in [0, 0.05) is 64.3 Å². The van der Waals surface area contributed by atoms with Crippen LogP contribution in [0.1, 0.15) is 5.56 Å². The van der Waals surface area contributed by atoms with Crippen molar-refractivity contribution in [2.45, 2.75) is 11.3 Å². The van der Waals surface area contributed by atoms with E-state index < -0.39 is 27.3 Å². The standard InChI is InChI=1S/C26H24ClN5O4S2/c1-38(35,36)31-10-8-30(9-11-31)17-7-6-16-14-28-15-22(19(16)12-17)32-25(33)24-21(29-26(32)34)13-23(37-24)18-4-2-3-5-20(18)27/h2-7,12-15,21,24H,8-11H2,1H3,(H,29,34). The first-order chi connectivity index (χ1) is 18.2. The van der Waals surface area contributed by atoms with E-state index in [-0.39, 0.29) is 5.91 Å². The van der Waals surface area contributed by atoms with E-state index in [0.29, 0.717) is 42.3 Å². The van der Waals surface area contributed by atoms with E-state index >= 15 is 0 Å². The van der Waals surface area contributed by atoms with Crippen molar-refractivity contribution in [1.82, 2.24) is 14.6 Å². The molecule has 2 aromatic carbocycles. The third kappa shape index (κ3) is 4.43. The quantitative estimate of drug-likeness (QED) is 0.512. The Morgan fingerprint density at radius 3 is 2.55 bits per heavy atom. The molecule has 0 aliphatic carbocycles. The Labute approximate surface area is 229 Å². The summed E-state index contributed by atoms with van der Waals surface area (Å²) in [5.74, 6) is -0.316. The molecular weight excluding hydrogens is 546 g/mol.